The number of hydrogen-bond donors (Lipinski definition) is 1. The fraction of sp³-hybridized carbons (Fsp3) is 0.0909. The van der Waals surface area contributed by atoms with Gasteiger partial charge in [0.1, 0.15) is 0 Å². The van der Waals surface area contributed by atoms with Crippen LogP contribution in [0.1, 0.15) is 12.5 Å². The van der Waals surface area contributed by atoms with E-state index >= 15 is 0 Å². The second-order valence-corrected chi connectivity index (χ2v) is 9.12. The van der Waals surface area contributed by atoms with E-state index in [9.17, 15) is 0 Å². The summed E-state index contributed by atoms with van der Waals surface area (Å²) in [5.74, 6) is 0. The Morgan fingerprint density at radius 1 is 0.686 bits per heavy atom. The first-order valence-corrected chi connectivity index (χ1v) is 12.2. The number of rotatable bonds is 5. The number of fused-ring (bicyclic) bond motifs is 4. The number of nitrogens with one attached hydrogen (secondary N) is 1. The molecular formula is C33H28N2. The minimum atomic E-state index is 0.830. The van der Waals surface area contributed by atoms with Crippen molar-refractivity contribution in [2.75, 3.05) is 11.9 Å². The minimum absolute atomic E-state index is 0.830. The Balaban J connectivity index is 1.56. The highest BCUT2D eigenvalue weighted by Crippen LogP contribution is 2.37. The van der Waals surface area contributed by atoms with Gasteiger partial charge in [-0.3, -0.25) is 0 Å². The fourth-order valence-corrected chi connectivity index (χ4v) is 5.16. The van der Waals surface area contributed by atoms with Crippen molar-refractivity contribution in [1.82, 2.24) is 4.57 Å². The van der Waals surface area contributed by atoms with Gasteiger partial charge in [0, 0.05) is 28.4 Å². The number of aromatic nitrogens is 1. The third-order valence-corrected chi connectivity index (χ3v) is 6.75. The molecule has 0 aliphatic heterocycles. The molecular weight excluding hydrogens is 424 g/mol. The van der Waals surface area contributed by atoms with Crippen molar-refractivity contribution in [2.24, 2.45) is 0 Å². The number of para-hydroxylation sites is 1. The average Bonchev–Trinajstić information content (AvgIpc) is 3.22. The van der Waals surface area contributed by atoms with Gasteiger partial charge in [0.2, 0.25) is 0 Å². The molecule has 0 amide bonds. The average molecular weight is 453 g/mol. The van der Waals surface area contributed by atoms with Gasteiger partial charge in [-0.25, -0.2) is 0 Å². The van der Waals surface area contributed by atoms with Gasteiger partial charge in [-0.2, -0.15) is 0 Å². The maximum absolute atomic E-state index is 3.52. The van der Waals surface area contributed by atoms with Crippen molar-refractivity contribution in [3.05, 3.63) is 121 Å². The molecule has 0 bridgehead atoms. The first kappa shape index (κ1) is 21.2. The Bertz CT molecular complexity index is 1710. The molecule has 2 nitrogen and oxygen atoms in total. The van der Waals surface area contributed by atoms with Crippen molar-refractivity contribution in [3.63, 3.8) is 0 Å². The highest BCUT2D eigenvalue weighted by atomic mass is 15.0. The lowest BCUT2D eigenvalue weighted by Crippen LogP contribution is -1.98. The van der Waals surface area contributed by atoms with Crippen LogP contribution in [-0.2, 0) is 0 Å². The van der Waals surface area contributed by atoms with Gasteiger partial charge in [-0.05, 0) is 72.3 Å². The van der Waals surface area contributed by atoms with E-state index in [0.717, 1.165) is 12.2 Å². The molecule has 0 aliphatic rings. The summed E-state index contributed by atoms with van der Waals surface area (Å²) in [5, 5.41) is 8.58. The molecule has 0 fully saturated rings. The van der Waals surface area contributed by atoms with Gasteiger partial charge >= 0.3 is 0 Å². The molecule has 0 saturated heterocycles. The lowest BCUT2D eigenvalue weighted by molar-refractivity contribution is 1.20. The van der Waals surface area contributed by atoms with Gasteiger partial charge in [-0.15, -0.1) is 0 Å². The zero-order valence-corrected chi connectivity index (χ0v) is 20.1. The van der Waals surface area contributed by atoms with Crippen LogP contribution in [0.25, 0.3) is 49.4 Å². The van der Waals surface area contributed by atoms with E-state index in [2.05, 4.69) is 132 Å². The third kappa shape index (κ3) is 3.77. The van der Waals surface area contributed by atoms with E-state index in [4.69, 9.17) is 0 Å². The van der Waals surface area contributed by atoms with Gasteiger partial charge in [0.25, 0.3) is 0 Å². The summed E-state index contributed by atoms with van der Waals surface area (Å²) in [5.41, 5.74) is 8.54. The number of anilines is 1. The van der Waals surface area contributed by atoms with E-state index in [1.807, 2.05) is 6.92 Å². The normalized spacial score (nSPS) is 11.7. The highest BCUT2D eigenvalue weighted by molar-refractivity contribution is 6.11. The van der Waals surface area contributed by atoms with Crippen molar-refractivity contribution >= 4 is 38.3 Å². The molecule has 0 radical (unpaired) electrons. The first-order chi connectivity index (χ1) is 17.2. The van der Waals surface area contributed by atoms with Gasteiger partial charge < -0.3 is 9.88 Å². The second kappa shape index (κ2) is 8.81. The SMILES string of the molecule is C/C=C\CNc1cc(C)cc(-c2ccc3c(c2)c2ccccc2n3-c2cccc3ccccc23)c1. The predicted molar refractivity (Wildman–Crippen MR) is 152 cm³/mol. The van der Waals surface area contributed by atoms with Crippen LogP contribution in [-0.4, -0.2) is 11.1 Å². The smallest absolute Gasteiger partial charge is 0.0541 e. The molecule has 1 heterocycles. The standard InChI is InChI=1S/C33H28N2/c1-3-4-18-34-27-20-23(2)19-26(21-27)25-16-17-33-30(22-25)29-13-7-8-14-32(29)35(33)31-15-9-11-24-10-5-6-12-28(24)31/h3-17,19-22,34H,18H2,1-2H3/b4-3-. The molecule has 6 aromatic rings. The molecule has 1 N–H and O–H groups in total. The van der Waals surface area contributed by atoms with Crippen molar-refractivity contribution in [1.29, 1.82) is 0 Å². The zero-order chi connectivity index (χ0) is 23.8. The van der Waals surface area contributed by atoms with Crippen LogP contribution < -0.4 is 5.32 Å². The van der Waals surface area contributed by atoms with Crippen molar-refractivity contribution in [2.45, 2.75) is 13.8 Å². The molecule has 0 aliphatic carbocycles. The monoisotopic (exact) mass is 452 g/mol. The lowest BCUT2D eigenvalue weighted by atomic mass is 10.00. The summed E-state index contributed by atoms with van der Waals surface area (Å²) in [7, 11) is 0. The van der Waals surface area contributed by atoms with Gasteiger partial charge in [0.15, 0.2) is 0 Å². The number of allylic oxidation sites excluding steroid dienone is 1. The van der Waals surface area contributed by atoms with E-state index < -0.39 is 0 Å². The molecule has 6 rings (SSSR count). The Hall–Kier alpha value is -4.30. The molecule has 2 heteroatoms. The Labute approximate surface area is 206 Å². The number of benzene rings is 5. The van der Waals surface area contributed by atoms with E-state index in [1.54, 1.807) is 0 Å². The molecule has 5 aromatic carbocycles. The van der Waals surface area contributed by atoms with Crippen LogP contribution in [0, 0.1) is 6.92 Å². The summed E-state index contributed by atoms with van der Waals surface area (Å²) >= 11 is 0. The van der Waals surface area contributed by atoms with Crippen LogP contribution in [0.2, 0.25) is 0 Å². The van der Waals surface area contributed by atoms with Crippen LogP contribution in [0.4, 0.5) is 5.69 Å². The van der Waals surface area contributed by atoms with Gasteiger partial charge in [0.05, 0.1) is 16.7 Å². The summed E-state index contributed by atoms with van der Waals surface area (Å²) in [6.07, 6.45) is 4.21. The fourth-order valence-electron chi connectivity index (χ4n) is 5.16. The Kier molecular flexibility index (Phi) is 5.35. The van der Waals surface area contributed by atoms with E-state index in [0.29, 0.717) is 0 Å². The summed E-state index contributed by atoms with van der Waals surface area (Å²) < 4.78 is 2.41. The molecule has 1 aromatic heterocycles. The number of nitrogens with zero attached hydrogens (tertiary/aromatic N) is 1. The summed E-state index contributed by atoms with van der Waals surface area (Å²) in [6, 6.07) is 37.5. The van der Waals surface area contributed by atoms with Crippen LogP contribution in [0.5, 0.6) is 0 Å². The first-order valence-electron chi connectivity index (χ1n) is 12.2. The maximum Gasteiger partial charge on any atom is 0.0541 e. The molecule has 0 spiro atoms. The topological polar surface area (TPSA) is 17.0 Å². The number of aryl methyl sites for hydroxylation is 1. The van der Waals surface area contributed by atoms with Crippen LogP contribution in [0.15, 0.2) is 115 Å². The highest BCUT2D eigenvalue weighted by Gasteiger charge is 2.15. The number of hydrogen-bond acceptors (Lipinski definition) is 1. The van der Waals surface area contributed by atoms with Crippen LogP contribution >= 0.6 is 0 Å². The molecule has 0 unspecified atom stereocenters. The minimum Gasteiger partial charge on any atom is -0.382 e. The van der Waals surface area contributed by atoms with Gasteiger partial charge in [-0.1, -0.05) is 78.9 Å². The third-order valence-electron chi connectivity index (χ3n) is 6.75. The van der Waals surface area contributed by atoms with Crippen LogP contribution in [0.3, 0.4) is 0 Å². The maximum atomic E-state index is 3.52. The van der Waals surface area contributed by atoms with Crippen molar-refractivity contribution in [3.8, 4) is 16.8 Å². The zero-order valence-electron chi connectivity index (χ0n) is 20.1. The Morgan fingerprint density at radius 3 is 2.34 bits per heavy atom. The molecule has 170 valence electrons. The predicted octanol–water partition coefficient (Wildman–Crippen LogP) is 8.90. The quantitative estimate of drug-likeness (QED) is 0.258. The Morgan fingerprint density at radius 2 is 1.46 bits per heavy atom. The summed E-state index contributed by atoms with van der Waals surface area (Å²) in [4.78, 5) is 0. The second-order valence-electron chi connectivity index (χ2n) is 9.12. The summed E-state index contributed by atoms with van der Waals surface area (Å²) in [6.45, 7) is 5.04. The lowest BCUT2D eigenvalue weighted by Gasteiger charge is -2.12. The van der Waals surface area contributed by atoms with Crippen molar-refractivity contribution < 1.29 is 0 Å². The van der Waals surface area contributed by atoms with E-state index in [1.165, 1.54) is 55.0 Å². The largest absolute Gasteiger partial charge is 0.382 e. The molecule has 35 heavy (non-hydrogen) atoms. The van der Waals surface area contributed by atoms with E-state index in [-0.39, 0.29) is 0 Å². The molecule has 0 atom stereocenters. The molecule has 0 saturated carbocycles.